The summed E-state index contributed by atoms with van der Waals surface area (Å²) in [4.78, 5) is 18.3. The SMILES string of the molecule is O=C(NCCc1cnc[nH]1)Nc1cccs1. The van der Waals surface area contributed by atoms with Crippen LogP contribution >= 0.6 is 11.3 Å². The quantitative estimate of drug-likeness (QED) is 0.758. The first-order valence-electron chi connectivity index (χ1n) is 4.90. The van der Waals surface area contributed by atoms with Gasteiger partial charge in [0.25, 0.3) is 0 Å². The number of urea groups is 1. The molecule has 0 atom stereocenters. The zero-order chi connectivity index (χ0) is 11.2. The lowest BCUT2D eigenvalue weighted by atomic mass is 10.3. The lowest BCUT2D eigenvalue weighted by Gasteiger charge is -2.04. The zero-order valence-corrected chi connectivity index (χ0v) is 9.38. The predicted octanol–water partition coefficient (Wildman–Crippen LogP) is 1.84. The van der Waals surface area contributed by atoms with Gasteiger partial charge in [-0.2, -0.15) is 0 Å². The second-order valence-corrected chi connectivity index (χ2v) is 4.13. The molecule has 0 aliphatic rings. The van der Waals surface area contributed by atoms with Gasteiger partial charge >= 0.3 is 6.03 Å². The minimum atomic E-state index is -0.179. The molecule has 0 saturated carbocycles. The monoisotopic (exact) mass is 236 g/mol. The van der Waals surface area contributed by atoms with Crippen LogP contribution in [0.25, 0.3) is 0 Å². The lowest BCUT2D eigenvalue weighted by Crippen LogP contribution is -2.30. The third-order valence-electron chi connectivity index (χ3n) is 1.99. The predicted molar refractivity (Wildman–Crippen MR) is 63.6 cm³/mol. The summed E-state index contributed by atoms with van der Waals surface area (Å²) in [6, 6.07) is 3.58. The zero-order valence-electron chi connectivity index (χ0n) is 8.56. The molecule has 2 aromatic rings. The molecule has 6 heteroatoms. The first kappa shape index (κ1) is 10.7. The standard InChI is InChI=1S/C10H12N4OS/c15-10(14-9-2-1-5-16-9)12-4-3-8-6-11-7-13-8/h1-2,5-7H,3-4H2,(H,11,13)(H2,12,14,15). The summed E-state index contributed by atoms with van der Waals surface area (Å²) in [6.07, 6.45) is 4.12. The third-order valence-corrected chi connectivity index (χ3v) is 2.78. The van der Waals surface area contributed by atoms with E-state index in [1.54, 1.807) is 12.5 Å². The largest absolute Gasteiger partial charge is 0.348 e. The molecule has 0 aliphatic carbocycles. The van der Waals surface area contributed by atoms with Crippen LogP contribution in [-0.2, 0) is 6.42 Å². The van der Waals surface area contributed by atoms with Crippen LogP contribution in [0, 0.1) is 0 Å². The van der Waals surface area contributed by atoms with E-state index in [0.717, 1.165) is 17.1 Å². The first-order valence-corrected chi connectivity index (χ1v) is 5.78. The van der Waals surface area contributed by atoms with Crippen LogP contribution in [0.3, 0.4) is 0 Å². The first-order chi connectivity index (χ1) is 7.84. The van der Waals surface area contributed by atoms with E-state index in [2.05, 4.69) is 20.6 Å². The minimum Gasteiger partial charge on any atom is -0.348 e. The number of hydrogen-bond acceptors (Lipinski definition) is 3. The van der Waals surface area contributed by atoms with Crippen molar-refractivity contribution in [2.24, 2.45) is 0 Å². The molecule has 0 aromatic carbocycles. The molecular weight excluding hydrogens is 224 g/mol. The van der Waals surface area contributed by atoms with Gasteiger partial charge in [0.05, 0.1) is 11.3 Å². The summed E-state index contributed by atoms with van der Waals surface area (Å²) in [5.41, 5.74) is 1.01. The van der Waals surface area contributed by atoms with Gasteiger partial charge in [-0.05, 0) is 17.5 Å². The number of nitrogens with zero attached hydrogens (tertiary/aromatic N) is 1. The Morgan fingerprint density at radius 3 is 3.19 bits per heavy atom. The molecule has 0 radical (unpaired) electrons. The van der Waals surface area contributed by atoms with Gasteiger partial charge in [0.15, 0.2) is 0 Å². The van der Waals surface area contributed by atoms with Crippen LogP contribution in [0.2, 0.25) is 0 Å². The molecule has 3 N–H and O–H groups in total. The fourth-order valence-corrected chi connectivity index (χ4v) is 1.85. The molecule has 2 heterocycles. The molecule has 0 fully saturated rings. The Kier molecular flexibility index (Phi) is 3.55. The van der Waals surface area contributed by atoms with Gasteiger partial charge in [0, 0.05) is 24.9 Å². The van der Waals surface area contributed by atoms with Crippen molar-refractivity contribution in [3.8, 4) is 0 Å². The van der Waals surface area contributed by atoms with E-state index in [-0.39, 0.29) is 6.03 Å². The van der Waals surface area contributed by atoms with Gasteiger partial charge in [0.1, 0.15) is 0 Å². The molecular formula is C10H12N4OS. The van der Waals surface area contributed by atoms with Crippen molar-refractivity contribution in [1.82, 2.24) is 15.3 Å². The van der Waals surface area contributed by atoms with Crippen LogP contribution in [0.5, 0.6) is 0 Å². The number of nitrogens with one attached hydrogen (secondary N) is 3. The number of aromatic amines is 1. The summed E-state index contributed by atoms with van der Waals surface area (Å²) in [5.74, 6) is 0. The maximum atomic E-state index is 11.4. The normalized spacial score (nSPS) is 10.0. The second kappa shape index (κ2) is 5.32. The van der Waals surface area contributed by atoms with Crippen LogP contribution in [-0.4, -0.2) is 22.5 Å². The minimum absolute atomic E-state index is 0.179. The number of hydrogen-bond donors (Lipinski definition) is 3. The average Bonchev–Trinajstić information content (AvgIpc) is 2.90. The molecule has 0 unspecified atom stereocenters. The van der Waals surface area contributed by atoms with Gasteiger partial charge in [-0.3, -0.25) is 5.32 Å². The number of anilines is 1. The van der Waals surface area contributed by atoms with Gasteiger partial charge in [-0.1, -0.05) is 0 Å². The van der Waals surface area contributed by atoms with E-state index in [9.17, 15) is 4.79 Å². The van der Waals surface area contributed by atoms with Gasteiger partial charge in [-0.25, -0.2) is 9.78 Å². The van der Waals surface area contributed by atoms with E-state index in [1.165, 1.54) is 11.3 Å². The van der Waals surface area contributed by atoms with E-state index >= 15 is 0 Å². The third kappa shape index (κ3) is 3.09. The van der Waals surface area contributed by atoms with Crippen molar-refractivity contribution in [2.75, 3.05) is 11.9 Å². The molecule has 2 amide bonds. The Morgan fingerprint density at radius 1 is 1.56 bits per heavy atom. The van der Waals surface area contributed by atoms with Gasteiger partial charge < -0.3 is 10.3 Å². The van der Waals surface area contributed by atoms with Crippen molar-refractivity contribution in [2.45, 2.75) is 6.42 Å². The fraction of sp³-hybridized carbons (Fsp3) is 0.200. The molecule has 84 valence electrons. The number of carbonyl (C=O) groups excluding carboxylic acids is 1. The molecule has 0 spiro atoms. The number of aromatic nitrogens is 2. The summed E-state index contributed by atoms with van der Waals surface area (Å²) < 4.78 is 0. The van der Waals surface area contributed by atoms with Crippen LogP contribution in [0.1, 0.15) is 5.69 Å². The molecule has 5 nitrogen and oxygen atoms in total. The number of thiophene rings is 1. The summed E-state index contributed by atoms with van der Waals surface area (Å²) >= 11 is 1.49. The number of amides is 2. The molecule has 0 aliphatic heterocycles. The van der Waals surface area contributed by atoms with Crippen molar-refractivity contribution < 1.29 is 4.79 Å². The van der Waals surface area contributed by atoms with Crippen molar-refractivity contribution in [3.63, 3.8) is 0 Å². The highest BCUT2D eigenvalue weighted by Crippen LogP contribution is 2.14. The van der Waals surface area contributed by atoms with Gasteiger partial charge in [0.2, 0.25) is 0 Å². The summed E-state index contributed by atoms with van der Waals surface area (Å²) in [7, 11) is 0. The molecule has 0 bridgehead atoms. The van der Waals surface area contributed by atoms with Crippen molar-refractivity contribution >= 4 is 22.4 Å². The number of imidazole rings is 1. The molecule has 2 aromatic heterocycles. The molecule has 2 rings (SSSR count). The van der Waals surface area contributed by atoms with E-state index in [0.29, 0.717) is 6.54 Å². The fourth-order valence-electron chi connectivity index (χ4n) is 1.24. The number of rotatable bonds is 4. The Bertz CT molecular complexity index is 424. The number of carbonyl (C=O) groups is 1. The smallest absolute Gasteiger partial charge is 0.319 e. The maximum Gasteiger partial charge on any atom is 0.319 e. The Labute approximate surface area is 96.9 Å². The van der Waals surface area contributed by atoms with Crippen LogP contribution < -0.4 is 10.6 Å². The van der Waals surface area contributed by atoms with E-state index < -0.39 is 0 Å². The van der Waals surface area contributed by atoms with E-state index in [1.807, 2.05) is 17.5 Å². The molecule has 16 heavy (non-hydrogen) atoms. The summed E-state index contributed by atoms with van der Waals surface area (Å²) in [5, 5.41) is 8.28. The Hall–Kier alpha value is -1.82. The summed E-state index contributed by atoms with van der Waals surface area (Å²) in [6.45, 7) is 0.583. The highest BCUT2D eigenvalue weighted by molar-refractivity contribution is 7.14. The van der Waals surface area contributed by atoms with E-state index in [4.69, 9.17) is 0 Å². The number of H-pyrrole nitrogens is 1. The van der Waals surface area contributed by atoms with Crippen LogP contribution in [0.15, 0.2) is 30.0 Å². The highest BCUT2D eigenvalue weighted by atomic mass is 32.1. The van der Waals surface area contributed by atoms with Gasteiger partial charge in [-0.15, -0.1) is 11.3 Å². The second-order valence-electron chi connectivity index (χ2n) is 3.19. The maximum absolute atomic E-state index is 11.4. The molecule has 0 saturated heterocycles. The highest BCUT2D eigenvalue weighted by Gasteiger charge is 2.01. The Balaban J connectivity index is 1.68. The van der Waals surface area contributed by atoms with Crippen molar-refractivity contribution in [1.29, 1.82) is 0 Å². The Morgan fingerprint density at radius 2 is 2.50 bits per heavy atom. The lowest BCUT2D eigenvalue weighted by molar-refractivity contribution is 0.252. The average molecular weight is 236 g/mol. The van der Waals surface area contributed by atoms with Crippen molar-refractivity contribution in [3.05, 3.63) is 35.7 Å². The van der Waals surface area contributed by atoms with Crippen LogP contribution in [0.4, 0.5) is 9.80 Å². The topological polar surface area (TPSA) is 69.8 Å².